The average molecular weight is 226 g/mol. The number of nitrogen functional groups attached to an aromatic ring is 1. The van der Waals surface area contributed by atoms with Crippen molar-refractivity contribution in [2.45, 2.75) is 13.5 Å². The van der Waals surface area contributed by atoms with E-state index in [-0.39, 0.29) is 5.56 Å². The van der Waals surface area contributed by atoms with Crippen LogP contribution < -0.4 is 16.8 Å². The number of nitrogens with two attached hydrogens (primary N) is 1. The first-order valence-electron chi connectivity index (χ1n) is 4.68. The fourth-order valence-corrected chi connectivity index (χ4v) is 1.24. The van der Waals surface area contributed by atoms with Crippen molar-refractivity contribution >= 4 is 5.91 Å². The van der Waals surface area contributed by atoms with Crippen LogP contribution in [0.3, 0.4) is 0 Å². The van der Waals surface area contributed by atoms with Gasteiger partial charge in [-0.1, -0.05) is 0 Å². The fourth-order valence-electron chi connectivity index (χ4n) is 1.24. The van der Waals surface area contributed by atoms with Crippen molar-refractivity contribution in [3.05, 3.63) is 27.7 Å². The van der Waals surface area contributed by atoms with Gasteiger partial charge in [0.2, 0.25) is 0 Å². The Morgan fingerprint density at radius 3 is 2.94 bits per heavy atom. The second kappa shape index (κ2) is 5.38. The lowest BCUT2D eigenvalue weighted by Gasteiger charge is -2.07. The van der Waals surface area contributed by atoms with Gasteiger partial charge in [-0.15, -0.1) is 0 Å². The maximum atomic E-state index is 11.8. The van der Waals surface area contributed by atoms with Crippen molar-refractivity contribution < 1.29 is 9.53 Å². The summed E-state index contributed by atoms with van der Waals surface area (Å²) >= 11 is 0. The van der Waals surface area contributed by atoms with Gasteiger partial charge in [0.1, 0.15) is 5.56 Å². The largest absolute Gasteiger partial charge is 0.383 e. The third-order valence-electron chi connectivity index (χ3n) is 1.98. The Kier molecular flexibility index (Phi) is 4.15. The molecule has 0 saturated heterocycles. The SMILES string of the molecule is COCCn1nc(C)cc(C(=O)NN)c1=O. The number of aryl methyl sites for hydroxylation is 1. The third kappa shape index (κ3) is 2.65. The lowest BCUT2D eigenvalue weighted by molar-refractivity contribution is 0.0950. The Morgan fingerprint density at radius 2 is 2.38 bits per heavy atom. The summed E-state index contributed by atoms with van der Waals surface area (Å²) in [6.45, 7) is 2.33. The molecular weight excluding hydrogens is 212 g/mol. The molecule has 0 bridgehead atoms. The van der Waals surface area contributed by atoms with Crippen LogP contribution in [0.4, 0.5) is 0 Å². The molecule has 7 heteroatoms. The number of amides is 1. The summed E-state index contributed by atoms with van der Waals surface area (Å²) in [7, 11) is 1.52. The summed E-state index contributed by atoms with van der Waals surface area (Å²) in [5.41, 5.74) is 1.98. The van der Waals surface area contributed by atoms with E-state index in [1.807, 2.05) is 5.43 Å². The van der Waals surface area contributed by atoms with Crippen molar-refractivity contribution in [2.24, 2.45) is 5.84 Å². The van der Waals surface area contributed by atoms with Gasteiger partial charge in [-0.05, 0) is 13.0 Å². The Bertz CT molecular complexity index is 441. The Hall–Kier alpha value is -1.73. The normalized spacial score (nSPS) is 10.2. The number of carbonyl (C=O) groups is 1. The highest BCUT2D eigenvalue weighted by Gasteiger charge is 2.12. The molecule has 0 saturated carbocycles. The zero-order valence-corrected chi connectivity index (χ0v) is 9.19. The van der Waals surface area contributed by atoms with Crippen molar-refractivity contribution in [3.8, 4) is 0 Å². The van der Waals surface area contributed by atoms with E-state index in [4.69, 9.17) is 10.6 Å². The maximum Gasteiger partial charge on any atom is 0.279 e. The molecule has 0 radical (unpaired) electrons. The first-order chi connectivity index (χ1) is 7.60. The molecule has 7 nitrogen and oxygen atoms in total. The molecule has 88 valence electrons. The molecule has 1 aromatic heterocycles. The van der Waals surface area contributed by atoms with Crippen molar-refractivity contribution in [3.63, 3.8) is 0 Å². The van der Waals surface area contributed by atoms with Gasteiger partial charge >= 0.3 is 0 Å². The second-order valence-corrected chi connectivity index (χ2v) is 3.19. The van der Waals surface area contributed by atoms with Crippen molar-refractivity contribution in [1.29, 1.82) is 0 Å². The highest BCUT2D eigenvalue weighted by molar-refractivity contribution is 5.93. The van der Waals surface area contributed by atoms with E-state index in [0.29, 0.717) is 18.8 Å². The molecule has 1 aromatic rings. The van der Waals surface area contributed by atoms with Gasteiger partial charge in [0.15, 0.2) is 0 Å². The van der Waals surface area contributed by atoms with Gasteiger partial charge in [-0.25, -0.2) is 10.5 Å². The number of methoxy groups -OCH3 is 1. The fraction of sp³-hybridized carbons (Fsp3) is 0.444. The molecule has 0 fully saturated rings. The van der Waals surface area contributed by atoms with Gasteiger partial charge in [-0.3, -0.25) is 15.0 Å². The first-order valence-corrected chi connectivity index (χ1v) is 4.68. The number of aromatic nitrogens is 2. The van der Waals surface area contributed by atoms with Crippen LogP contribution in [0, 0.1) is 6.92 Å². The molecule has 0 atom stereocenters. The predicted molar refractivity (Wildman–Crippen MR) is 56.8 cm³/mol. The number of ether oxygens (including phenoxy) is 1. The number of nitrogens with zero attached hydrogens (tertiary/aromatic N) is 2. The molecule has 0 aliphatic rings. The van der Waals surface area contributed by atoms with Crippen LogP contribution in [0.15, 0.2) is 10.9 Å². The number of rotatable bonds is 4. The van der Waals surface area contributed by atoms with E-state index >= 15 is 0 Å². The standard InChI is InChI=1S/C9H14N4O3/c1-6-5-7(8(14)11-10)9(15)13(12-6)3-4-16-2/h5H,3-4,10H2,1-2H3,(H,11,14). The number of nitrogens with one attached hydrogen (secondary N) is 1. The zero-order valence-electron chi connectivity index (χ0n) is 9.19. The Balaban J connectivity index is 3.16. The second-order valence-electron chi connectivity index (χ2n) is 3.19. The van der Waals surface area contributed by atoms with E-state index in [1.165, 1.54) is 17.9 Å². The highest BCUT2D eigenvalue weighted by Crippen LogP contribution is 1.95. The summed E-state index contributed by atoms with van der Waals surface area (Å²) in [4.78, 5) is 23.1. The van der Waals surface area contributed by atoms with Gasteiger partial charge in [0, 0.05) is 7.11 Å². The number of hydrogen-bond acceptors (Lipinski definition) is 5. The van der Waals surface area contributed by atoms with Crippen molar-refractivity contribution in [2.75, 3.05) is 13.7 Å². The monoisotopic (exact) mass is 226 g/mol. The summed E-state index contributed by atoms with van der Waals surface area (Å²) in [5.74, 6) is 4.36. The minimum absolute atomic E-state index is 0.0221. The van der Waals surface area contributed by atoms with Gasteiger partial charge in [-0.2, -0.15) is 5.10 Å². The molecule has 0 aliphatic carbocycles. The summed E-state index contributed by atoms with van der Waals surface area (Å²) < 4.78 is 6.03. The van der Waals surface area contributed by atoms with E-state index in [9.17, 15) is 9.59 Å². The van der Waals surface area contributed by atoms with Gasteiger partial charge in [0.25, 0.3) is 11.5 Å². The molecule has 1 rings (SSSR count). The Labute approximate surface area is 92.2 Å². The van der Waals surface area contributed by atoms with Crippen LogP contribution in [0.1, 0.15) is 16.1 Å². The molecule has 0 spiro atoms. The first kappa shape index (κ1) is 12.3. The molecule has 0 aromatic carbocycles. The molecule has 1 heterocycles. The third-order valence-corrected chi connectivity index (χ3v) is 1.98. The molecule has 0 aliphatic heterocycles. The highest BCUT2D eigenvalue weighted by atomic mass is 16.5. The number of hydrazine groups is 1. The molecule has 16 heavy (non-hydrogen) atoms. The average Bonchev–Trinajstić information content (AvgIpc) is 2.28. The van der Waals surface area contributed by atoms with E-state index in [2.05, 4.69) is 5.10 Å². The number of carbonyl (C=O) groups excluding carboxylic acids is 1. The minimum Gasteiger partial charge on any atom is -0.383 e. The van der Waals surface area contributed by atoms with Crippen molar-refractivity contribution in [1.82, 2.24) is 15.2 Å². The zero-order chi connectivity index (χ0) is 12.1. The lowest BCUT2D eigenvalue weighted by atomic mass is 10.2. The molecule has 1 amide bonds. The van der Waals surface area contributed by atoms with E-state index in [1.54, 1.807) is 6.92 Å². The summed E-state index contributed by atoms with van der Waals surface area (Å²) in [6.07, 6.45) is 0. The van der Waals surface area contributed by atoms with Gasteiger partial charge < -0.3 is 4.74 Å². The minimum atomic E-state index is -0.623. The lowest BCUT2D eigenvalue weighted by Crippen LogP contribution is -2.38. The van der Waals surface area contributed by atoms with Gasteiger partial charge in [0.05, 0.1) is 18.8 Å². The molecule has 3 N–H and O–H groups in total. The smallest absolute Gasteiger partial charge is 0.279 e. The number of hydrogen-bond donors (Lipinski definition) is 2. The van der Waals surface area contributed by atoms with Crippen LogP contribution in [-0.4, -0.2) is 29.4 Å². The summed E-state index contributed by atoms with van der Waals surface area (Å²) in [6, 6.07) is 1.40. The maximum absolute atomic E-state index is 11.8. The summed E-state index contributed by atoms with van der Waals surface area (Å²) in [5, 5.41) is 3.99. The Morgan fingerprint density at radius 1 is 1.69 bits per heavy atom. The van der Waals surface area contributed by atoms with Crippen LogP contribution in [0.2, 0.25) is 0 Å². The van der Waals surface area contributed by atoms with Crippen LogP contribution >= 0.6 is 0 Å². The van der Waals surface area contributed by atoms with E-state index < -0.39 is 11.5 Å². The van der Waals surface area contributed by atoms with Crippen LogP contribution in [0.25, 0.3) is 0 Å². The van der Waals surface area contributed by atoms with Crippen LogP contribution in [0.5, 0.6) is 0 Å². The molecule has 0 unspecified atom stereocenters. The predicted octanol–water partition coefficient (Wildman–Crippen LogP) is -1.20. The quantitative estimate of drug-likeness (QED) is 0.382. The topological polar surface area (TPSA) is 99.2 Å². The van der Waals surface area contributed by atoms with Crippen LogP contribution in [-0.2, 0) is 11.3 Å². The molecular formula is C9H14N4O3. The van der Waals surface area contributed by atoms with E-state index in [0.717, 1.165) is 0 Å².